The fraction of sp³-hybridized carbons (Fsp3) is 0.423. The van der Waals surface area contributed by atoms with Crippen LogP contribution in [0.2, 0.25) is 0 Å². The summed E-state index contributed by atoms with van der Waals surface area (Å²) in [6.45, 7) is 6.93. The summed E-state index contributed by atoms with van der Waals surface area (Å²) in [6.07, 6.45) is 5.06. The number of amides is 2. The van der Waals surface area contributed by atoms with E-state index < -0.39 is 0 Å². The monoisotopic (exact) mass is 488 g/mol. The van der Waals surface area contributed by atoms with Crippen molar-refractivity contribution in [1.29, 1.82) is 5.41 Å². The van der Waals surface area contributed by atoms with Gasteiger partial charge in [-0.25, -0.2) is 9.97 Å². The Bertz CT molecular complexity index is 1300. The van der Waals surface area contributed by atoms with Crippen LogP contribution in [0.4, 0.5) is 11.8 Å². The number of carbonyl (C=O) groups excluding carboxylic acids is 2. The number of aromatic nitrogens is 3. The second-order valence-electron chi connectivity index (χ2n) is 9.80. The minimum absolute atomic E-state index is 0.0939. The molecule has 0 radical (unpaired) electrons. The van der Waals surface area contributed by atoms with Crippen LogP contribution in [0.3, 0.4) is 0 Å². The van der Waals surface area contributed by atoms with Crippen LogP contribution in [0.25, 0.3) is 11.0 Å². The highest BCUT2D eigenvalue weighted by molar-refractivity contribution is 6.06. The summed E-state index contributed by atoms with van der Waals surface area (Å²) in [4.78, 5) is 41.4. The van der Waals surface area contributed by atoms with E-state index in [0.29, 0.717) is 34.8 Å². The zero-order chi connectivity index (χ0) is 25.2. The molecular weight excluding hydrogens is 456 g/mol. The highest BCUT2D eigenvalue weighted by Gasteiger charge is 2.33. The predicted molar refractivity (Wildman–Crippen MR) is 138 cm³/mol. The van der Waals surface area contributed by atoms with Crippen LogP contribution in [-0.2, 0) is 11.3 Å². The number of imidazole rings is 1. The molecule has 1 aliphatic heterocycles. The number of fused-ring (bicyclic) bond motifs is 1. The molecule has 5 rings (SSSR count). The molecular formula is C26H32N8O2. The molecule has 36 heavy (non-hydrogen) atoms. The molecule has 2 aliphatic rings. The van der Waals surface area contributed by atoms with E-state index in [4.69, 9.17) is 5.41 Å². The van der Waals surface area contributed by atoms with Crippen LogP contribution >= 0.6 is 0 Å². The SMILES string of the molecule is CC(=N)NC(=O)c1ccc2nc(Nc3cc(CN4CCN(C(=O)C5CCC5)C[C@H]4C)ccn3)[nH]c2c1. The molecule has 188 valence electrons. The molecule has 2 amide bonds. The number of piperazine rings is 1. The molecule has 1 saturated heterocycles. The molecule has 4 N–H and O–H groups in total. The molecule has 0 spiro atoms. The van der Waals surface area contributed by atoms with Gasteiger partial charge < -0.3 is 20.5 Å². The summed E-state index contributed by atoms with van der Waals surface area (Å²) >= 11 is 0. The van der Waals surface area contributed by atoms with Crippen molar-refractivity contribution in [2.75, 3.05) is 25.0 Å². The lowest BCUT2D eigenvalue weighted by Gasteiger charge is -2.42. The van der Waals surface area contributed by atoms with Gasteiger partial charge in [-0.15, -0.1) is 0 Å². The maximum absolute atomic E-state index is 12.6. The lowest BCUT2D eigenvalue weighted by molar-refractivity contribution is -0.141. The van der Waals surface area contributed by atoms with Crippen LogP contribution in [0.15, 0.2) is 36.5 Å². The quantitative estimate of drug-likeness (QED) is 0.311. The van der Waals surface area contributed by atoms with E-state index in [1.165, 1.54) is 13.3 Å². The fourth-order valence-electron chi connectivity index (χ4n) is 4.79. The lowest BCUT2D eigenvalue weighted by atomic mass is 9.84. The largest absolute Gasteiger partial charge is 0.340 e. The Kier molecular flexibility index (Phi) is 6.69. The minimum Gasteiger partial charge on any atom is -0.340 e. The smallest absolute Gasteiger partial charge is 0.256 e. The van der Waals surface area contributed by atoms with Gasteiger partial charge in [0, 0.05) is 49.9 Å². The van der Waals surface area contributed by atoms with Gasteiger partial charge in [0.1, 0.15) is 5.82 Å². The van der Waals surface area contributed by atoms with Crippen LogP contribution in [-0.4, -0.2) is 68.1 Å². The third-order valence-electron chi connectivity index (χ3n) is 7.03. The van der Waals surface area contributed by atoms with Gasteiger partial charge in [-0.05, 0) is 62.6 Å². The first-order chi connectivity index (χ1) is 17.4. The van der Waals surface area contributed by atoms with Crippen molar-refractivity contribution in [3.63, 3.8) is 0 Å². The zero-order valence-electron chi connectivity index (χ0n) is 20.7. The molecule has 2 aromatic heterocycles. The molecule has 0 unspecified atom stereocenters. The summed E-state index contributed by atoms with van der Waals surface area (Å²) < 4.78 is 0. The van der Waals surface area contributed by atoms with E-state index in [1.807, 2.05) is 17.0 Å². The molecule has 10 nitrogen and oxygen atoms in total. The van der Waals surface area contributed by atoms with Crippen molar-refractivity contribution in [2.45, 2.75) is 45.7 Å². The number of hydrogen-bond donors (Lipinski definition) is 4. The molecule has 1 saturated carbocycles. The summed E-state index contributed by atoms with van der Waals surface area (Å²) in [6, 6.07) is 9.49. The number of H-pyrrole nitrogens is 1. The van der Waals surface area contributed by atoms with E-state index in [0.717, 1.165) is 50.1 Å². The van der Waals surface area contributed by atoms with Crippen molar-refractivity contribution in [3.8, 4) is 0 Å². The minimum atomic E-state index is -0.328. The van der Waals surface area contributed by atoms with Crippen molar-refractivity contribution >= 4 is 40.4 Å². The third kappa shape index (κ3) is 5.23. The molecule has 1 atom stereocenters. The van der Waals surface area contributed by atoms with Crippen LogP contribution < -0.4 is 10.6 Å². The van der Waals surface area contributed by atoms with E-state index in [-0.39, 0.29) is 17.7 Å². The van der Waals surface area contributed by atoms with Gasteiger partial charge in [0.05, 0.1) is 16.9 Å². The summed E-state index contributed by atoms with van der Waals surface area (Å²) in [5.41, 5.74) is 3.02. The number of nitrogens with zero attached hydrogens (tertiary/aromatic N) is 4. The number of nitrogens with one attached hydrogen (secondary N) is 4. The number of amidine groups is 1. The normalized spacial score (nSPS) is 18.6. The first-order valence-corrected chi connectivity index (χ1v) is 12.5. The van der Waals surface area contributed by atoms with Crippen molar-refractivity contribution in [3.05, 3.63) is 47.7 Å². The van der Waals surface area contributed by atoms with E-state index in [2.05, 4.69) is 37.4 Å². The predicted octanol–water partition coefficient (Wildman–Crippen LogP) is 3.26. The number of rotatable bonds is 6. The zero-order valence-corrected chi connectivity index (χ0v) is 20.7. The second kappa shape index (κ2) is 10.1. The number of benzene rings is 1. The summed E-state index contributed by atoms with van der Waals surface area (Å²) in [7, 11) is 0. The Morgan fingerprint density at radius 2 is 2.03 bits per heavy atom. The number of hydrogen-bond acceptors (Lipinski definition) is 7. The topological polar surface area (TPSA) is 130 Å². The standard InChI is InChI=1S/C26H32N8O2/c1-16-14-34(25(36)19-4-3-5-19)11-10-33(16)15-18-8-9-28-23(12-18)32-26-30-21-7-6-20(13-22(21)31-26)24(35)29-17(2)27/h6-9,12-13,16,19H,3-5,10-11,14-15H2,1-2H3,(H2,27,29,35)(H2,28,30,31,32)/t16-/m1/s1. The Morgan fingerprint density at radius 3 is 2.75 bits per heavy atom. The van der Waals surface area contributed by atoms with Gasteiger partial charge in [0.25, 0.3) is 5.91 Å². The Labute approximate surface area is 210 Å². The highest BCUT2D eigenvalue weighted by atomic mass is 16.2. The third-order valence-corrected chi connectivity index (χ3v) is 7.03. The average Bonchev–Trinajstić information content (AvgIpc) is 3.20. The van der Waals surface area contributed by atoms with Gasteiger partial charge in [-0.1, -0.05) is 6.42 Å². The number of anilines is 2. The maximum Gasteiger partial charge on any atom is 0.256 e. The fourth-order valence-corrected chi connectivity index (χ4v) is 4.79. The Hall–Kier alpha value is -3.79. The first-order valence-electron chi connectivity index (χ1n) is 12.5. The lowest BCUT2D eigenvalue weighted by Crippen LogP contribution is -2.54. The van der Waals surface area contributed by atoms with Crippen molar-refractivity contribution in [2.24, 2.45) is 5.92 Å². The highest BCUT2D eigenvalue weighted by Crippen LogP contribution is 2.29. The number of carbonyl (C=O) groups is 2. The average molecular weight is 489 g/mol. The van der Waals surface area contributed by atoms with Crippen molar-refractivity contribution in [1.82, 2.24) is 30.1 Å². The van der Waals surface area contributed by atoms with E-state index in [9.17, 15) is 9.59 Å². The van der Waals surface area contributed by atoms with Gasteiger partial charge in [0.15, 0.2) is 0 Å². The van der Waals surface area contributed by atoms with E-state index >= 15 is 0 Å². The maximum atomic E-state index is 12.6. The molecule has 3 heterocycles. The van der Waals surface area contributed by atoms with Gasteiger partial charge >= 0.3 is 0 Å². The number of aromatic amines is 1. The number of pyridine rings is 1. The second-order valence-corrected chi connectivity index (χ2v) is 9.80. The summed E-state index contributed by atoms with van der Waals surface area (Å²) in [5, 5.41) is 13.2. The van der Waals surface area contributed by atoms with Gasteiger partial charge in [-0.2, -0.15) is 0 Å². The van der Waals surface area contributed by atoms with Gasteiger partial charge in [0.2, 0.25) is 11.9 Å². The molecule has 10 heteroatoms. The van der Waals surface area contributed by atoms with Crippen LogP contribution in [0, 0.1) is 11.3 Å². The molecule has 1 aliphatic carbocycles. The Morgan fingerprint density at radius 1 is 1.19 bits per heavy atom. The molecule has 3 aromatic rings. The summed E-state index contributed by atoms with van der Waals surface area (Å²) in [5.74, 6) is 1.57. The van der Waals surface area contributed by atoms with Crippen LogP contribution in [0.1, 0.15) is 49.0 Å². The van der Waals surface area contributed by atoms with Crippen LogP contribution in [0.5, 0.6) is 0 Å². The molecule has 1 aromatic carbocycles. The van der Waals surface area contributed by atoms with E-state index in [1.54, 1.807) is 24.4 Å². The first kappa shape index (κ1) is 23.9. The molecule has 0 bridgehead atoms. The van der Waals surface area contributed by atoms with Crippen molar-refractivity contribution < 1.29 is 9.59 Å². The Balaban J connectivity index is 1.22. The molecule has 2 fully saturated rings. The van der Waals surface area contributed by atoms with Gasteiger partial charge in [-0.3, -0.25) is 19.9 Å².